The maximum absolute atomic E-state index is 12.4. The van der Waals surface area contributed by atoms with E-state index in [4.69, 9.17) is 0 Å². The van der Waals surface area contributed by atoms with E-state index in [1.165, 1.54) is 5.56 Å². The van der Waals surface area contributed by atoms with Crippen molar-refractivity contribution in [3.63, 3.8) is 0 Å². The van der Waals surface area contributed by atoms with Gasteiger partial charge >= 0.3 is 0 Å². The minimum absolute atomic E-state index is 0.0627. The molecule has 2 fully saturated rings. The van der Waals surface area contributed by atoms with Gasteiger partial charge in [-0.25, -0.2) is 0 Å². The molecule has 1 aromatic rings. The SMILES string of the molecule is O=C1NCCNC1CC(=O)N1CCN(Cc2ccccc2)CC1. The lowest BCUT2D eigenvalue weighted by atomic mass is 10.1. The lowest BCUT2D eigenvalue weighted by Crippen LogP contribution is -2.55. The zero-order valence-electron chi connectivity index (χ0n) is 13.3. The number of benzene rings is 1. The third-order valence-electron chi connectivity index (χ3n) is 4.48. The predicted octanol–water partition coefficient (Wildman–Crippen LogP) is -0.191. The van der Waals surface area contributed by atoms with Crippen molar-refractivity contribution in [3.8, 4) is 0 Å². The van der Waals surface area contributed by atoms with Gasteiger partial charge in [0.15, 0.2) is 0 Å². The Labute approximate surface area is 136 Å². The molecule has 6 heteroatoms. The number of amides is 2. The van der Waals surface area contributed by atoms with E-state index >= 15 is 0 Å². The van der Waals surface area contributed by atoms with Crippen LogP contribution in [0.2, 0.25) is 0 Å². The summed E-state index contributed by atoms with van der Waals surface area (Å²) in [6, 6.07) is 10.0. The maximum atomic E-state index is 12.4. The van der Waals surface area contributed by atoms with E-state index in [-0.39, 0.29) is 24.3 Å². The van der Waals surface area contributed by atoms with E-state index in [1.807, 2.05) is 11.0 Å². The molecule has 1 atom stereocenters. The highest BCUT2D eigenvalue weighted by molar-refractivity contribution is 5.88. The van der Waals surface area contributed by atoms with Gasteiger partial charge in [0.25, 0.3) is 0 Å². The van der Waals surface area contributed by atoms with Gasteiger partial charge < -0.3 is 15.5 Å². The van der Waals surface area contributed by atoms with Gasteiger partial charge in [-0.3, -0.25) is 14.5 Å². The van der Waals surface area contributed by atoms with Crippen molar-refractivity contribution in [2.75, 3.05) is 39.3 Å². The van der Waals surface area contributed by atoms with Crippen molar-refractivity contribution in [3.05, 3.63) is 35.9 Å². The van der Waals surface area contributed by atoms with E-state index < -0.39 is 0 Å². The first kappa shape index (κ1) is 16.0. The smallest absolute Gasteiger partial charge is 0.237 e. The molecule has 2 aliphatic rings. The molecule has 6 nitrogen and oxygen atoms in total. The normalized spacial score (nSPS) is 22.7. The van der Waals surface area contributed by atoms with Crippen LogP contribution in [-0.2, 0) is 16.1 Å². The summed E-state index contributed by atoms with van der Waals surface area (Å²) in [5, 5.41) is 5.90. The highest BCUT2D eigenvalue weighted by Crippen LogP contribution is 2.10. The Morgan fingerprint density at radius 2 is 1.83 bits per heavy atom. The first-order chi connectivity index (χ1) is 11.2. The number of nitrogens with one attached hydrogen (secondary N) is 2. The third-order valence-corrected chi connectivity index (χ3v) is 4.48. The molecule has 2 heterocycles. The summed E-state index contributed by atoms with van der Waals surface area (Å²) >= 11 is 0. The van der Waals surface area contributed by atoms with Crippen LogP contribution in [0.4, 0.5) is 0 Å². The monoisotopic (exact) mass is 316 g/mol. The Bertz CT molecular complexity index is 541. The number of rotatable bonds is 4. The molecule has 2 aliphatic heterocycles. The van der Waals surface area contributed by atoms with Crippen LogP contribution in [-0.4, -0.2) is 66.9 Å². The van der Waals surface area contributed by atoms with Crippen LogP contribution in [0, 0.1) is 0 Å². The van der Waals surface area contributed by atoms with Gasteiger partial charge in [-0.2, -0.15) is 0 Å². The second-order valence-electron chi connectivity index (χ2n) is 6.14. The van der Waals surface area contributed by atoms with Crippen molar-refractivity contribution in [1.82, 2.24) is 20.4 Å². The van der Waals surface area contributed by atoms with Crippen LogP contribution in [0.3, 0.4) is 0 Å². The Morgan fingerprint density at radius 1 is 1.09 bits per heavy atom. The van der Waals surface area contributed by atoms with E-state index in [0.717, 1.165) is 39.3 Å². The zero-order chi connectivity index (χ0) is 16.1. The van der Waals surface area contributed by atoms with Crippen LogP contribution in [0.15, 0.2) is 30.3 Å². The fourth-order valence-corrected chi connectivity index (χ4v) is 3.11. The van der Waals surface area contributed by atoms with Gasteiger partial charge in [0.2, 0.25) is 11.8 Å². The average molecular weight is 316 g/mol. The third kappa shape index (κ3) is 4.30. The molecule has 2 amide bonds. The second kappa shape index (κ2) is 7.57. The van der Waals surface area contributed by atoms with Crippen LogP contribution >= 0.6 is 0 Å². The fraction of sp³-hybridized carbons (Fsp3) is 0.529. The minimum atomic E-state index is -0.376. The van der Waals surface area contributed by atoms with Crippen molar-refractivity contribution < 1.29 is 9.59 Å². The quantitative estimate of drug-likeness (QED) is 0.808. The molecule has 0 bridgehead atoms. The highest BCUT2D eigenvalue weighted by atomic mass is 16.2. The number of piperazine rings is 2. The van der Waals surface area contributed by atoms with Crippen LogP contribution in [0.5, 0.6) is 0 Å². The Kier molecular flexibility index (Phi) is 5.25. The lowest BCUT2D eigenvalue weighted by molar-refractivity contribution is -0.136. The van der Waals surface area contributed by atoms with Crippen LogP contribution in [0.1, 0.15) is 12.0 Å². The molecule has 1 unspecified atom stereocenters. The first-order valence-electron chi connectivity index (χ1n) is 8.27. The fourth-order valence-electron chi connectivity index (χ4n) is 3.11. The molecular formula is C17H24N4O2. The molecule has 124 valence electrons. The Hall–Kier alpha value is -1.92. The molecule has 2 saturated heterocycles. The topological polar surface area (TPSA) is 64.7 Å². The molecule has 23 heavy (non-hydrogen) atoms. The molecule has 0 spiro atoms. The van der Waals surface area contributed by atoms with Gasteiger partial charge in [-0.15, -0.1) is 0 Å². The summed E-state index contributed by atoms with van der Waals surface area (Å²) < 4.78 is 0. The number of nitrogens with zero attached hydrogens (tertiary/aromatic N) is 2. The summed E-state index contributed by atoms with van der Waals surface area (Å²) in [5.41, 5.74) is 1.30. The molecule has 0 radical (unpaired) electrons. The van der Waals surface area contributed by atoms with E-state index in [2.05, 4.69) is 39.8 Å². The van der Waals surface area contributed by atoms with Gasteiger partial charge in [-0.05, 0) is 5.56 Å². The Balaban J connectivity index is 1.45. The average Bonchev–Trinajstić information content (AvgIpc) is 2.58. The van der Waals surface area contributed by atoms with Gasteiger partial charge in [-0.1, -0.05) is 30.3 Å². The van der Waals surface area contributed by atoms with E-state index in [9.17, 15) is 9.59 Å². The van der Waals surface area contributed by atoms with Crippen LogP contribution < -0.4 is 10.6 Å². The summed E-state index contributed by atoms with van der Waals surface area (Å²) in [6.07, 6.45) is 0.254. The Morgan fingerprint density at radius 3 is 2.52 bits per heavy atom. The number of hydrogen-bond donors (Lipinski definition) is 2. The molecule has 2 N–H and O–H groups in total. The zero-order valence-corrected chi connectivity index (χ0v) is 13.3. The standard InChI is InChI=1S/C17H24N4O2/c22-16(12-15-17(23)19-7-6-18-15)21-10-8-20(9-11-21)13-14-4-2-1-3-5-14/h1-5,15,18H,6-13H2,(H,19,23). The summed E-state index contributed by atoms with van der Waals surface area (Å²) in [4.78, 5) is 28.3. The van der Waals surface area contributed by atoms with Crippen molar-refractivity contribution in [2.45, 2.75) is 19.0 Å². The van der Waals surface area contributed by atoms with Crippen LogP contribution in [0.25, 0.3) is 0 Å². The molecular weight excluding hydrogens is 292 g/mol. The van der Waals surface area contributed by atoms with Gasteiger partial charge in [0.1, 0.15) is 0 Å². The maximum Gasteiger partial charge on any atom is 0.237 e. The molecule has 0 saturated carbocycles. The van der Waals surface area contributed by atoms with Gasteiger partial charge in [0.05, 0.1) is 12.5 Å². The molecule has 0 aromatic heterocycles. The number of carbonyl (C=O) groups is 2. The highest BCUT2D eigenvalue weighted by Gasteiger charge is 2.28. The lowest BCUT2D eigenvalue weighted by Gasteiger charge is -2.35. The summed E-state index contributed by atoms with van der Waals surface area (Å²) in [7, 11) is 0. The number of carbonyl (C=O) groups excluding carboxylic acids is 2. The largest absolute Gasteiger partial charge is 0.353 e. The van der Waals surface area contributed by atoms with E-state index in [1.54, 1.807) is 0 Å². The van der Waals surface area contributed by atoms with Gasteiger partial charge in [0, 0.05) is 45.8 Å². The number of hydrogen-bond acceptors (Lipinski definition) is 4. The first-order valence-corrected chi connectivity index (χ1v) is 8.27. The van der Waals surface area contributed by atoms with E-state index in [0.29, 0.717) is 6.54 Å². The summed E-state index contributed by atoms with van der Waals surface area (Å²) in [5.74, 6) is 0.00576. The molecule has 3 rings (SSSR count). The second-order valence-corrected chi connectivity index (χ2v) is 6.14. The summed E-state index contributed by atoms with van der Waals surface area (Å²) in [6.45, 7) is 5.53. The van der Waals surface area contributed by atoms with Crippen molar-refractivity contribution >= 4 is 11.8 Å². The van der Waals surface area contributed by atoms with Crippen molar-refractivity contribution in [1.29, 1.82) is 0 Å². The van der Waals surface area contributed by atoms with Crippen molar-refractivity contribution in [2.24, 2.45) is 0 Å². The minimum Gasteiger partial charge on any atom is -0.353 e. The predicted molar refractivity (Wildman–Crippen MR) is 87.7 cm³/mol. The molecule has 1 aromatic carbocycles. The molecule has 0 aliphatic carbocycles.